The quantitative estimate of drug-likeness (QED) is 0.527. The Morgan fingerprint density at radius 3 is 1.94 bits per heavy atom. The molecule has 2 amide bonds. The summed E-state index contributed by atoms with van der Waals surface area (Å²) in [7, 11) is 6.35. The van der Waals surface area contributed by atoms with E-state index in [2.05, 4.69) is 4.90 Å². The highest BCUT2D eigenvalue weighted by Crippen LogP contribution is 2.37. The first kappa shape index (κ1) is 22.5. The number of amides is 2. The molecule has 9 heteroatoms. The molecule has 9 nitrogen and oxygen atoms in total. The highest BCUT2D eigenvalue weighted by molar-refractivity contribution is 5.79. The van der Waals surface area contributed by atoms with Crippen molar-refractivity contribution in [3.05, 3.63) is 48.5 Å². The molecular weight excluding hydrogens is 424 g/mol. The predicted molar refractivity (Wildman–Crippen MR) is 124 cm³/mol. The van der Waals surface area contributed by atoms with E-state index in [-0.39, 0.29) is 6.03 Å². The number of hydrogen-bond donors (Lipinski definition) is 0. The van der Waals surface area contributed by atoms with Gasteiger partial charge in [-0.25, -0.2) is 9.86 Å². The molecule has 4 rings (SSSR count). The van der Waals surface area contributed by atoms with Gasteiger partial charge < -0.3 is 23.7 Å². The van der Waals surface area contributed by atoms with Gasteiger partial charge in [0, 0.05) is 44.4 Å². The number of benzene rings is 2. The predicted octanol–water partition coefficient (Wildman–Crippen LogP) is 3.76. The molecule has 2 aromatic carbocycles. The Kier molecular flexibility index (Phi) is 6.69. The summed E-state index contributed by atoms with van der Waals surface area (Å²) < 4.78 is 16.9. The fraction of sp³-hybridized carbons (Fsp3) is 0.333. The minimum absolute atomic E-state index is 0.164. The van der Waals surface area contributed by atoms with Gasteiger partial charge in [-0.05, 0) is 48.5 Å². The molecule has 1 fully saturated rings. The molecule has 1 aliphatic heterocycles. The van der Waals surface area contributed by atoms with E-state index in [1.165, 1.54) is 12.2 Å². The Balaban J connectivity index is 1.62. The maximum atomic E-state index is 12.4. The smallest absolute Gasteiger partial charge is 0.343 e. The van der Waals surface area contributed by atoms with Crippen molar-refractivity contribution in [1.82, 2.24) is 14.9 Å². The molecule has 1 aliphatic rings. The van der Waals surface area contributed by atoms with Crippen LogP contribution < -0.4 is 14.4 Å². The largest absolute Gasteiger partial charge is 0.497 e. The second-order valence-corrected chi connectivity index (χ2v) is 7.57. The van der Waals surface area contributed by atoms with Crippen molar-refractivity contribution in [2.75, 3.05) is 59.5 Å². The van der Waals surface area contributed by atoms with Gasteiger partial charge in [-0.1, -0.05) is 0 Å². The summed E-state index contributed by atoms with van der Waals surface area (Å²) in [6.45, 7) is 2.30. The van der Waals surface area contributed by atoms with Crippen LogP contribution in [0.25, 0.3) is 22.6 Å². The van der Waals surface area contributed by atoms with Gasteiger partial charge in [-0.15, -0.1) is 0 Å². The summed E-state index contributed by atoms with van der Waals surface area (Å²) in [4.78, 5) is 26.0. The molecule has 174 valence electrons. The number of carbonyl (C=O) groups is 1. The number of carbonyl (C=O) groups excluding carboxylic acids is 1. The Hall–Kier alpha value is -3.72. The molecule has 2 heterocycles. The number of hydrogen-bond acceptors (Lipinski definition) is 7. The number of nitrogens with zero attached hydrogens (tertiary/aromatic N) is 4. The van der Waals surface area contributed by atoms with Crippen molar-refractivity contribution in [1.29, 1.82) is 0 Å². The lowest BCUT2D eigenvalue weighted by atomic mass is 10.1. The van der Waals surface area contributed by atoms with Crippen molar-refractivity contribution in [2.24, 2.45) is 0 Å². The highest BCUT2D eigenvalue weighted by atomic mass is 16.7. The third kappa shape index (κ3) is 4.73. The zero-order valence-electron chi connectivity index (χ0n) is 19.3. The molecule has 0 unspecified atom stereocenters. The topological polar surface area (TPSA) is 80.5 Å². The van der Waals surface area contributed by atoms with E-state index in [0.717, 1.165) is 28.3 Å². The molecule has 1 aromatic heterocycles. The number of methoxy groups -OCH3 is 2. The SMILES string of the molecule is COc1ccc(-c2nc(N3CCN(C(=O)N(C)OC)CC3)oc2-c2ccc(OC)cc2)cc1. The van der Waals surface area contributed by atoms with Crippen molar-refractivity contribution in [3.63, 3.8) is 0 Å². The van der Waals surface area contributed by atoms with E-state index in [1.54, 1.807) is 26.2 Å². The van der Waals surface area contributed by atoms with Gasteiger partial charge in [0.05, 0.1) is 21.3 Å². The second-order valence-electron chi connectivity index (χ2n) is 7.57. The summed E-state index contributed by atoms with van der Waals surface area (Å²) in [6.07, 6.45) is 0. The molecule has 1 saturated heterocycles. The van der Waals surface area contributed by atoms with Gasteiger partial charge in [0.2, 0.25) is 0 Å². The maximum Gasteiger partial charge on any atom is 0.343 e. The average Bonchev–Trinajstić information content (AvgIpc) is 3.33. The van der Waals surface area contributed by atoms with Crippen molar-refractivity contribution in [3.8, 4) is 34.1 Å². The van der Waals surface area contributed by atoms with E-state index in [1.807, 2.05) is 48.5 Å². The van der Waals surface area contributed by atoms with Gasteiger partial charge in [-0.3, -0.25) is 4.84 Å². The zero-order valence-corrected chi connectivity index (χ0v) is 19.3. The third-order valence-corrected chi connectivity index (χ3v) is 5.70. The minimum Gasteiger partial charge on any atom is -0.497 e. The van der Waals surface area contributed by atoms with Crippen LogP contribution in [-0.4, -0.2) is 75.5 Å². The number of rotatable bonds is 6. The average molecular weight is 453 g/mol. The number of urea groups is 1. The van der Waals surface area contributed by atoms with Crippen molar-refractivity contribution >= 4 is 12.0 Å². The zero-order chi connectivity index (χ0) is 23.4. The standard InChI is InChI=1S/C24H28N4O5/c1-26(32-4)24(29)28-15-13-27(14-16-28)23-25-21(17-5-9-19(30-2)10-6-17)22(33-23)18-7-11-20(31-3)12-8-18/h5-12H,13-16H2,1-4H3. The molecule has 0 N–H and O–H groups in total. The Bertz CT molecular complexity index is 1010. The van der Waals surface area contributed by atoms with Crippen LogP contribution in [0.15, 0.2) is 52.9 Å². The monoisotopic (exact) mass is 452 g/mol. The molecule has 0 saturated carbocycles. The third-order valence-electron chi connectivity index (χ3n) is 5.70. The van der Waals surface area contributed by atoms with Gasteiger partial charge in [0.25, 0.3) is 6.01 Å². The lowest BCUT2D eigenvalue weighted by Gasteiger charge is -2.35. The van der Waals surface area contributed by atoms with Crippen LogP contribution in [0.3, 0.4) is 0 Å². The molecule has 0 spiro atoms. The summed E-state index contributed by atoms with van der Waals surface area (Å²) >= 11 is 0. The van der Waals surface area contributed by atoms with Crippen molar-refractivity contribution in [2.45, 2.75) is 0 Å². The van der Waals surface area contributed by atoms with Gasteiger partial charge in [0.15, 0.2) is 5.76 Å². The summed E-state index contributed by atoms with van der Waals surface area (Å²) in [5, 5.41) is 1.23. The lowest BCUT2D eigenvalue weighted by molar-refractivity contribution is -0.0762. The molecule has 0 bridgehead atoms. The molecule has 0 aliphatic carbocycles. The number of piperazine rings is 1. The van der Waals surface area contributed by atoms with Gasteiger partial charge in [-0.2, -0.15) is 4.98 Å². The second kappa shape index (κ2) is 9.83. The Morgan fingerprint density at radius 1 is 0.879 bits per heavy atom. The van der Waals surface area contributed by atoms with E-state index < -0.39 is 0 Å². The molecule has 3 aromatic rings. The number of anilines is 1. The first-order valence-corrected chi connectivity index (χ1v) is 10.7. The van der Waals surface area contributed by atoms with Crippen LogP contribution >= 0.6 is 0 Å². The van der Waals surface area contributed by atoms with Crippen LogP contribution in [0.1, 0.15) is 0 Å². The van der Waals surface area contributed by atoms with Crippen molar-refractivity contribution < 1.29 is 23.5 Å². The van der Waals surface area contributed by atoms with Crippen LogP contribution in [0.5, 0.6) is 11.5 Å². The van der Waals surface area contributed by atoms with Gasteiger partial charge >= 0.3 is 6.03 Å². The number of ether oxygens (including phenoxy) is 2. The molecule has 0 radical (unpaired) electrons. The summed E-state index contributed by atoms with van der Waals surface area (Å²) in [5.74, 6) is 2.22. The highest BCUT2D eigenvalue weighted by Gasteiger charge is 2.27. The fourth-order valence-corrected chi connectivity index (χ4v) is 3.69. The van der Waals surface area contributed by atoms with E-state index in [4.69, 9.17) is 23.7 Å². The minimum atomic E-state index is -0.164. The maximum absolute atomic E-state index is 12.4. The first-order chi connectivity index (χ1) is 16.0. The Morgan fingerprint density at radius 2 is 1.42 bits per heavy atom. The molecule has 0 atom stereocenters. The van der Waals surface area contributed by atoms with E-state index >= 15 is 0 Å². The van der Waals surface area contributed by atoms with Crippen LogP contribution in [0, 0.1) is 0 Å². The fourth-order valence-electron chi connectivity index (χ4n) is 3.69. The van der Waals surface area contributed by atoms with Crippen LogP contribution in [-0.2, 0) is 4.84 Å². The molecule has 33 heavy (non-hydrogen) atoms. The first-order valence-electron chi connectivity index (χ1n) is 10.7. The molecular formula is C24H28N4O5. The van der Waals surface area contributed by atoms with E-state index in [9.17, 15) is 4.79 Å². The summed E-state index contributed by atoms with van der Waals surface area (Å²) in [5.41, 5.74) is 2.57. The number of oxazole rings is 1. The van der Waals surface area contributed by atoms with Crippen LogP contribution in [0.4, 0.5) is 10.8 Å². The summed E-state index contributed by atoms with van der Waals surface area (Å²) in [6, 6.07) is 15.8. The van der Waals surface area contributed by atoms with E-state index in [0.29, 0.717) is 38.0 Å². The number of aromatic nitrogens is 1. The lowest BCUT2D eigenvalue weighted by Crippen LogP contribution is -2.52. The normalized spacial score (nSPS) is 13.7. The Labute approximate surface area is 193 Å². The number of hydroxylamine groups is 2. The van der Waals surface area contributed by atoms with Gasteiger partial charge in [0.1, 0.15) is 17.2 Å². The van der Waals surface area contributed by atoms with Crippen LogP contribution in [0.2, 0.25) is 0 Å².